The number of aryl methyl sites for hydroxylation is 2. The Balaban J connectivity index is 1.90. The van der Waals surface area contributed by atoms with E-state index in [2.05, 4.69) is 21.3 Å². The molecule has 3 rings (SSSR count). The van der Waals surface area contributed by atoms with Crippen LogP contribution in [-0.4, -0.2) is 15.2 Å². The van der Waals surface area contributed by atoms with E-state index in [9.17, 15) is 5.26 Å². The van der Waals surface area contributed by atoms with Gasteiger partial charge in [-0.3, -0.25) is 0 Å². The normalized spacial score (nSPS) is 10.2. The minimum Gasteiger partial charge on any atom is -0.438 e. The molecule has 2 aromatic heterocycles. The van der Waals surface area contributed by atoms with Gasteiger partial charge in [0.05, 0.1) is 0 Å². The van der Waals surface area contributed by atoms with Crippen LogP contribution in [-0.2, 0) is 0 Å². The molecule has 6 nitrogen and oxygen atoms in total. The molecule has 3 aromatic rings. The number of nitriles is 1. The molecule has 0 radical (unpaired) electrons. The molecule has 0 saturated heterocycles. The molecule has 6 heteroatoms. The Morgan fingerprint density at radius 3 is 2.59 bits per heavy atom. The van der Waals surface area contributed by atoms with Crippen molar-refractivity contribution in [2.24, 2.45) is 0 Å². The largest absolute Gasteiger partial charge is 0.438 e. The molecule has 1 aromatic carbocycles. The first-order valence-corrected chi connectivity index (χ1v) is 6.60. The van der Waals surface area contributed by atoms with Crippen molar-refractivity contribution in [2.75, 3.05) is 0 Å². The average molecular weight is 292 g/mol. The van der Waals surface area contributed by atoms with E-state index in [0.717, 1.165) is 16.8 Å². The average Bonchev–Trinajstić information content (AvgIpc) is 3.02. The van der Waals surface area contributed by atoms with E-state index in [4.69, 9.17) is 9.15 Å². The fourth-order valence-electron chi connectivity index (χ4n) is 2.09. The summed E-state index contributed by atoms with van der Waals surface area (Å²) in [5.74, 6) is 1.33. The lowest BCUT2D eigenvalue weighted by molar-refractivity contribution is 0.459. The van der Waals surface area contributed by atoms with Crippen LogP contribution in [0.15, 0.2) is 41.1 Å². The molecule has 0 fully saturated rings. The maximum Gasteiger partial charge on any atom is 0.247 e. The van der Waals surface area contributed by atoms with Crippen molar-refractivity contribution in [3.8, 4) is 29.2 Å². The quantitative estimate of drug-likeness (QED) is 0.735. The fraction of sp³-hybridized carbons (Fsp3) is 0.125. The zero-order valence-corrected chi connectivity index (χ0v) is 12.1. The molecule has 0 amide bonds. The summed E-state index contributed by atoms with van der Waals surface area (Å²) >= 11 is 0. The van der Waals surface area contributed by atoms with Gasteiger partial charge in [-0.15, -0.1) is 10.2 Å². The Labute approximate surface area is 127 Å². The van der Waals surface area contributed by atoms with Crippen LogP contribution in [0.1, 0.15) is 16.8 Å². The van der Waals surface area contributed by atoms with Crippen molar-refractivity contribution in [3.63, 3.8) is 0 Å². The lowest BCUT2D eigenvalue weighted by Gasteiger charge is -2.09. The molecule has 0 aliphatic rings. The summed E-state index contributed by atoms with van der Waals surface area (Å²) in [5.41, 5.74) is 2.87. The van der Waals surface area contributed by atoms with Crippen molar-refractivity contribution in [1.82, 2.24) is 15.2 Å². The highest BCUT2D eigenvalue weighted by Gasteiger charge is 2.11. The van der Waals surface area contributed by atoms with Crippen molar-refractivity contribution in [3.05, 3.63) is 53.5 Å². The van der Waals surface area contributed by atoms with Gasteiger partial charge in [0.1, 0.15) is 17.4 Å². The van der Waals surface area contributed by atoms with Crippen LogP contribution >= 0.6 is 0 Å². The van der Waals surface area contributed by atoms with E-state index < -0.39 is 0 Å². The number of benzene rings is 1. The lowest BCUT2D eigenvalue weighted by Crippen LogP contribution is -1.96. The van der Waals surface area contributed by atoms with Gasteiger partial charge in [0.2, 0.25) is 18.2 Å². The number of nitrogens with zero attached hydrogens (tertiary/aromatic N) is 4. The smallest absolute Gasteiger partial charge is 0.247 e. The first-order valence-electron chi connectivity index (χ1n) is 6.60. The topological polar surface area (TPSA) is 84.8 Å². The second kappa shape index (κ2) is 5.66. The summed E-state index contributed by atoms with van der Waals surface area (Å²) in [6.45, 7) is 3.72. The van der Waals surface area contributed by atoms with Crippen LogP contribution in [0, 0.1) is 25.2 Å². The summed E-state index contributed by atoms with van der Waals surface area (Å²) in [6, 6.07) is 11.1. The highest BCUT2D eigenvalue weighted by molar-refractivity contribution is 5.54. The van der Waals surface area contributed by atoms with Gasteiger partial charge in [0.15, 0.2) is 0 Å². The zero-order valence-electron chi connectivity index (χ0n) is 12.1. The molecule has 0 bridgehead atoms. The second-order valence-corrected chi connectivity index (χ2v) is 4.74. The van der Waals surface area contributed by atoms with Gasteiger partial charge in [0.25, 0.3) is 0 Å². The predicted octanol–water partition coefficient (Wildman–Crippen LogP) is 3.41. The van der Waals surface area contributed by atoms with Crippen LogP contribution in [0.25, 0.3) is 11.5 Å². The van der Waals surface area contributed by atoms with Crippen LogP contribution < -0.4 is 4.74 Å². The van der Waals surface area contributed by atoms with Crippen molar-refractivity contribution in [1.29, 1.82) is 5.26 Å². The van der Waals surface area contributed by atoms with E-state index in [1.807, 2.05) is 19.9 Å². The Bertz CT molecular complexity index is 834. The molecular weight excluding hydrogens is 280 g/mol. The molecule has 0 saturated carbocycles. The standard InChI is InChI=1S/C16H12N4O2/c1-10-7-11(2)19-16(14(10)8-17)22-13-5-3-12(4-6-13)15-20-18-9-21-15/h3-7,9H,1-2H3. The van der Waals surface area contributed by atoms with Gasteiger partial charge in [-0.1, -0.05) is 0 Å². The van der Waals surface area contributed by atoms with E-state index in [1.165, 1.54) is 6.39 Å². The third kappa shape index (κ3) is 2.65. The molecule has 0 N–H and O–H groups in total. The molecule has 0 aliphatic heterocycles. The van der Waals surface area contributed by atoms with Crippen molar-refractivity contribution < 1.29 is 9.15 Å². The van der Waals surface area contributed by atoms with E-state index in [1.54, 1.807) is 24.3 Å². The maximum atomic E-state index is 9.24. The SMILES string of the molecule is Cc1cc(C)c(C#N)c(Oc2ccc(-c3nnco3)cc2)n1. The molecule has 0 aliphatic carbocycles. The Kier molecular flexibility index (Phi) is 3.54. The highest BCUT2D eigenvalue weighted by Crippen LogP contribution is 2.27. The van der Waals surface area contributed by atoms with Crippen molar-refractivity contribution in [2.45, 2.75) is 13.8 Å². The third-order valence-corrected chi connectivity index (χ3v) is 3.10. The summed E-state index contributed by atoms with van der Waals surface area (Å²) in [4.78, 5) is 4.29. The molecule has 22 heavy (non-hydrogen) atoms. The molecular formula is C16H12N4O2. The Morgan fingerprint density at radius 2 is 1.95 bits per heavy atom. The van der Waals surface area contributed by atoms with E-state index >= 15 is 0 Å². The third-order valence-electron chi connectivity index (χ3n) is 3.10. The van der Waals surface area contributed by atoms with Gasteiger partial charge in [-0.2, -0.15) is 5.26 Å². The van der Waals surface area contributed by atoms with E-state index in [-0.39, 0.29) is 0 Å². The van der Waals surface area contributed by atoms with Crippen molar-refractivity contribution >= 4 is 0 Å². The lowest BCUT2D eigenvalue weighted by atomic mass is 10.1. The molecule has 0 unspecified atom stereocenters. The van der Waals surface area contributed by atoms with Crippen LogP contribution in [0.5, 0.6) is 11.6 Å². The Morgan fingerprint density at radius 1 is 1.18 bits per heavy atom. The molecule has 2 heterocycles. The molecule has 0 atom stereocenters. The summed E-state index contributed by atoms with van der Waals surface area (Å²) in [5, 5.41) is 16.7. The van der Waals surface area contributed by atoms with E-state index in [0.29, 0.717) is 23.1 Å². The minimum atomic E-state index is 0.311. The summed E-state index contributed by atoms with van der Waals surface area (Å²) < 4.78 is 10.9. The first-order chi connectivity index (χ1) is 10.7. The molecule has 108 valence electrons. The van der Waals surface area contributed by atoms with Gasteiger partial charge in [0, 0.05) is 11.3 Å². The van der Waals surface area contributed by atoms with Gasteiger partial charge in [-0.25, -0.2) is 4.98 Å². The second-order valence-electron chi connectivity index (χ2n) is 4.74. The van der Waals surface area contributed by atoms with Crippen LogP contribution in [0.3, 0.4) is 0 Å². The van der Waals surface area contributed by atoms with Crippen LogP contribution in [0.4, 0.5) is 0 Å². The maximum absolute atomic E-state index is 9.24. The summed E-state index contributed by atoms with van der Waals surface area (Å²) in [7, 11) is 0. The minimum absolute atomic E-state index is 0.311. The first kappa shape index (κ1) is 13.8. The molecule has 0 spiro atoms. The fourth-order valence-corrected chi connectivity index (χ4v) is 2.09. The zero-order chi connectivity index (χ0) is 15.5. The number of rotatable bonds is 3. The van der Waals surface area contributed by atoms with Gasteiger partial charge in [-0.05, 0) is 49.7 Å². The summed E-state index contributed by atoms with van der Waals surface area (Å²) in [6.07, 6.45) is 1.28. The van der Waals surface area contributed by atoms with Gasteiger partial charge < -0.3 is 9.15 Å². The number of pyridine rings is 1. The number of aromatic nitrogens is 3. The number of ether oxygens (including phenoxy) is 1. The number of hydrogen-bond acceptors (Lipinski definition) is 6. The Hall–Kier alpha value is -3.20. The predicted molar refractivity (Wildman–Crippen MR) is 78.2 cm³/mol. The van der Waals surface area contributed by atoms with Crippen LogP contribution in [0.2, 0.25) is 0 Å². The monoisotopic (exact) mass is 292 g/mol. The van der Waals surface area contributed by atoms with Gasteiger partial charge >= 0.3 is 0 Å². The number of hydrogen-bond donors (Lipinski definition) is 0. The highest BCUT2D eigenvalue weighted by atomic mass is 16.5.